The van der Waals surface area contributed by atoms with Gasteiger partial charge in [-0.3, -0.25) is 4.79 Å². The van der Waals surface area contributed by atoms with Gasteiger partial charge < -0.3 is 9.64 Å². The molecule has 0 atom stereocenters. The molecule has 1 aliphatic heterocycles. The Hall–Kier alpha value is -1.06. The summed E-state index contributed by atoms with van der Waals surface area (Å²) in [5.74, 6) is 0.558. The van der Waals surface area contributed by atoms with Crippen LogP contribution in [0.3, 0.4) is 0 Å². The molecule has 0 unspecified atom stereocenters. The van der Waals surface area contributed by atoms with Crippen molar-refractivity contribution < 1.29 is 9.53 Å². The molecule has 0 N–H and O–H groups in total. The van der Waals surface area contributed by atoms with Crippen molar-refractivity contribution >= 4 is 17.5 Å². The van der Waals surface area contributed by atoms with Gasteiger partial charge in [-0.25, -0.2) is 0 Å². The summed E-state index contributed by atoms with van der Waals surface area (Å²) in [6, 6.07) is 7.47. The molecular formula is C13H16ClNO2. The molecule has 1 aliphatic rings. The zero-order valence-corrected chi connectivity index (χ0v) is 10.4. The van der Waals surface area contributed by atoms with Crippen LogP contribution in [-0.4, -0.2) is 37.1 Å². The predicted octanol–water partition coefficient (Wildman–Crippen LogP) is 2.29. The number of rotatable bonds is 2. The van der Waals surface area contributed by atoms with Gasteiger partial charge in [-0.15, -0.1) is 11.6 Å². The second-order valence-electron chi connectivity index (χ2n) is 4.09. The van der Waals surface area contributed by atoms with Gasteiger partial charge in [0.05, 0.1) is 6.61 Å². The van der Waals surface area contributed by atoms with Crippen LogP contribution in [0.15, 0.2) is 24.3 Å². The molecule has 4 heteroatoms. The maximum absolute atomic E-state index is 12.2. The second-order valence-corrected chi connectivity index (χ2v) is 4.36. The summed E-state index contributed by atoms with van der Waals surface area (Å²) in [5, 5.41) is 0. The molecule has 0 radical (unpaired) electrons. The van der Waals surface area contributed by atoms with Crippen LogP contribution in [0.1, 0.15) is 22.3 Å². The number of carbonyl (C=O) groups excluding carboxylic acids is 1. The molecule has 0 saturated carbocycles. The molecule has 0 aliphatic carbocycles. The fourth-order valence-corrected chi connectivity index (χ4v) is 2.05. The minimum absolute atomic E-state index is 0.0802. The van der Waals surface area contributed by atoms with E-state index in [0.717, 1.165) is 30.7 Å². The van der Waals surface area contributed by atoms with Crippen LogP contribution in [0.5, 0.6) is 0 Å². The zero-order valence-electron chi connectivity index (χ0n) is 9.69. The predicted molar refractivity (Wildman–Crippen MR) is 67.3 cm³/mol. The fraction of sp³-hybridized carbons (Fsp3) is 0.462. The average molecular weight is 254 g/mol. The highest BCUT2D eigenvalue weighted by Crippen LogP contribution is 2.11. The van der Waals surface area contributed by atoms with E-state index in [2.05, 4.69) is 0 Å². The number of carbonyl (C=O) groups is 1. The van der Waals surface area contributed by atoms with Gasteiger partial charge in [0, 0.05) is 31.1 Å². The summed E-state index contributed by atoms with van der Waals surface area (Å²) in [5.41, 5.74) is 1.75. The summed E-state index contributed by atoms with van der Waals surface area (Å²) < 4.78 is 5.34. The summed E-state index contributed by atoms with van der Waals surface area (Å²) in [6.07, 6.45) is 0.908. The molecule has 1 heterocycles. The normalized spacial score (nSPS) is 16.6. The van der Waals surface area contributed by atoms with Gasteiger partial charge in [-0.05, 0) is 24.1 Å². The molecule has 1 amide bonds. The molecule has 1 aromatic carbocycles. The number of ether oxygens (including phenoxy) is 1. The Bertz CT molecular complexity index is 370. The van der Waals surface area contributed by atoms with Crippen molar-refractivity contribution in [1.82, 2.24) is 4.90 Å². The zero-order chi connectivity index (χ0) is 12.1. The molecule has 0 bridgehead atoms. The van der Waals surface area contributed by atoms with E-state index in [4.69, 9.17) is 16.3 Å². The number of benzene rings is 1. The first-order chi connectivity index (χ1) is 8.31. The first kappa shape index (κ1) is 12.4. The van der Waals surface area contributed by atoms with E-state index in [-0.39, 0.29) is 5.91 Å². The minimum atomic E-state index is 0.0802. The molecule has 1 aromatic rings. The first-order valence-corrected chi connectivity index (χ1v) is 6.36. The maximum Gasteiger partial charge on any atom is 0.253 e. The molecule has 92 valence electrons. The lowest BCUT2D eigenvalue weighted by Gasteiger charge is -2.19. The van der Waals surface area contributed by atoms with Gasteiger partial charge >= 0.3 is 0 Å². The average Bonchev–Trinajstić information content (AvgIpc) is 2.67. The molecule has 0 aromatic heterocycles. The van der Waals surface area contributed by atoms with Crippen molar-refractivity contribution in [2.75, 3.05) is 26.3 Å². The smallest absolute Gasteiger partial charge is 0.253 e. The van der Waals surface area contributed by atoms with Gasteiger partial charge in [-0.2, -0.15) is 0 Å². The Kier molecular flexibility index (Phi) is 4.40. The molecule has 1 fully saturated rings. The third-order valence-electron chi connectivity index (χ3n) is 2.86. The van der Waals surface area contributed by atoms with Crippen LogP contribution >= 0.6 is 11.6 Å². The van der Waals surface area contributed by atoms with E-state index < -0.39 is 0 Å². The lowest BCUT2D eigenvalue weighted by Crippen LogP contribution is -2.33. The van der Waals surface area contributed by atoms with Crippen LogP contribution < -0.4 is 0 Å². The number of hydrogen-bond donors (Lipinski definition) is 0. The van der Waals surface area contributed by atoms with Crippen LogP contribution in [0.4, 0.5) is 0 Å². The number of alkyl halides is 1. The van der Waals surface area contributed by atoms with E-state index in [1.165, 1.54) is 0 Å². The molecule has 0 spiro atoms. The van der Waals surface area contributed by atoms with Gasteiger partial charge in [-0.1, -0.05) is 12.1 Å². The summed E-state index contributed by atoms with van der Waals surface area (Å²) in [7, 11) is 0. The quantitative estimate of drug-likeness (QED) is 0.757. The highest BCUT2D eigenvalue weighted by atomic mass is 35.5. The molecule has 2 rings (SSSR count). The van der Waals surface area contributed by atoms with Crippen LogP contribution in [0.2, 0.25) is 0 Å². The third-order valence-corrected chi connectivity index (χ3v) is 3.17. The van der Waals surface area contributed by atoms with Crippen molar-refractivity contribution in [3.05, 3.63) is 35.4 Å². The van der Waals surface area contributed by atoms with E-state index in [0.29, 0.717) is 19.0 Å². The number of nitrogens with zero attached hydrogens (tertiary/aromatic N) is 1. The minimum Gasteiger partial charge on any atom is -0.380 e. The van der Waals surface area contributed by atoms with Crippen molar-refractivity contribution in [1.29, 1.82) is 0 Å². The number of hydrogen-bond acceptors (Lipinski definition) is 2. The topological polar surface area (TPSA) is 29.5 Å². The largest absolute Gasteiger partial charge is 0.380 e. The highest BCUT2D eigenvalue weighted by Gasteiger charge is 2.17. The van der Waals surface area contributed by atoms with Crippen LogP contribution in [0, 0.1) is 0 Å². The molecule has 3 nitrogen and oxygen atoms in total. The van der Waals surface area contributed by atoms with Crippen molar-refractivity contribution in [2.45, 2.75) is 12.3 Å². The number of amides is 1. The Balaban J connectivity index is 2.06. The first-order valence-electron chi connectivity index (χ1n) is 5.83. The summed E-state index contributed by atoms with van der Waals surface area (Å²) in [4.78, 5) is 14.0. The van der Waals surface area contributed by atoms with Gasteiger partial charge in [0.2, 0.25) is 0 Å². The third kappa shape index (κ3) is 3.20. The Morgan fingerprint density at radius 2 is 2.00 bits per heavy atom. The Labute approximate surface area is 106 Å². The Morgan fingerprint density at radius 3 is 2.71 bits per heavy atom. The van der Waals surface area contributed by atoms with Crippen molar-refractivity contribution in [2.24, 2.45) is 0 Å². The van der Waals surface area contributed by atoms with Crippen LogP contribution in [0.25, 0.3) is 0 Å². The van der Waals surface area contributed by atoms with Crippen molar-refractivity contribution in [3.8, 4) is 0 Å². The van der Waals surface area contributed by atoms with Gasteiger partial charge in [0.1, 0.15) is 0 Å². The number of halogens is 1. The monoisotopic (exact) mass is 253 g/mol. The highest BCUT2D eigenvalue weighted by molar-refractivity contribution is 6.17. The second kappa shape index (κ2) is 6.03. The lowest BCUT2D eigenvalue weighted by molar-refractivity contribution is 0.0741. The van der Waals surface area contributed by atoms with E-state index in [9.17, 15) is 4.79 Å². The maximum atomic E-state index is 12.2. The summed E-state index contributed by atoms with van der Waals surface area (Å²) in [6.45, 7) is 2.83. The Morgan fingerprint density at radius 1 is 1.24 bits per heavy atom. The molecule has 17 heavy (non-hydrogen) atoms. The van der Waals surface area contributed by atoms with Gasteiger partial charge in [0.15, 0.2) is 0 Å². The van der Waals surface area contributed by atoms with E-state index in [1.807, 2.05) is 29.2 Å². The fourth-order valence-electron chi connectivity index (χ4n) is 1.87. The van der Waals surface area contributed by atoms with E-state index >= 15 is 0 Å². The summed E-state index contributed by atoms with van der Waals surface area (Å²) >= 11 is 5.72. The lowest BCUT2D eigenvalue weighted by atomic mass is 10.1. The SMILES string of the molecule is O=C(c1ccc(CCl)cc1)N1CCCOCC1. The van der Waals surface area contributed by atoms with Crippen LogP contribution in [-0.2, 0) is 10.6 Å². The van der Waals surface area contributed by atoms with Crippen molar-refractivity contribution in [3.63, 3.8) is 0 Å². The molecule has 1 saturated heterocycles. The van der Waals surface area contributed by atoms with Gasteiger partial charge in [0.25, 0.3) is 5.91 Å². The molecular weight excluding hydrogens is 238 g/mol. The van der Waals surface area contributed by atoms with E-state index in [1.54, 1.807) is 0 Å². The standard InChI is InChI=1S/C13H16ClNO2/c14-10-11-2-4-12(5-3-11)13(16)15-6-1-8-17-9-7-15/h2-5H,1,6-10H2.